The van der Waals surface area contributed by atoms with E-state index in [2.05, 4.69) is 21.2 Å². The number of benzene rings is 2. The van der Waals surface area contributed by atoms with Gasteiger partial charge in [-0.15, -0.1) is 0 Å². The first-order chi connectivity index (χ1) is 14.0. The first-order valence-corrected chi connectivity index (χ1v) is 10.6. The fourth-order valence-electron chi connectivity index (χ4n) is 3.58. The molecule has 0 spiro atoms. The molecule has 1 atom stereocenters. The van der Waals surface area contributed by atoms with Crippen molar-refractivity contribution in [1.29, 1.82) is 0 Å². The molecule has 7 heteroatoms. The van der Waals surface area contributed by atoms with Crippen LogP contribution in [0.15, 0.2) is 59.1 Å². The zero-order chi connectivity index (χ0) is 22.1. The molecule has 0 aliphatic carbocycles. The van der Waals surface area contributed by atoms with Crippen molar-refractivity contribution in [2.45, 2.75) is 45.3 Å². The van der Waals surface area contributed by atoms with Gasteiger partial charge in [0, 0.05) is 22.1 Å². The standard InChI is InChI=1S/C23H26BrN3O3/c1-22(2,3)27(14-16-10-6-5-7-11-16)19(28)15-26-20(29)23(4,25-21(26)30)17-12-8-9-13-18(17)24/h5-13H,14-15H2,1-4H3,(H,25,30). The molecule has 2 aromatic rings. The van der Waals surface area contributed by atoms with Gasteiger partial charge in [-0.25, -0.2) is 4.79 Å². The summed E-state index contributed by atoms with van der Waals surface area (Å²) in [6.07, 6.45) is 0. The molecule has 4 amide bonds. The Morgan fingerprint density at radius 3 is 2.27 bits per heavy atom. The van der Waals surface area contributed by atoms with E-state index in [0.29, 0.717) is 12.1 Å². The molecule has 1 aliphatic heterocycles. The first kappa shape index (κ1) is 22.0. The van der Waals surface area contributed by atoms with Crippen LogP contribution in [0, 0.1) is 0 Å². The number of rotatable bonds is 5. The third-order valence-electron chi connectivity index (χ3n) is 5.28. The second-order valence-electron chi connectivity index (χ2n) is 8.56. The van der Waals surface area contributed by atoms with Crippen molar-refractivity contribution in [2.24, 2.45) is 0 Å². The average molecular weight is 472 g/mol. The van der Waals surface area contributed by atoms with Gasteiger partial charge in [0.2, 0.25) is 5.91 Å². The Morgan fingerprint density at radius 2 is 1.67 bits per heavy atom. The number of nitrogens with zero attached hydrogens (tertiary/aromatic N) is 2. The Morgan fingerprint density at radius 1 is 1.07 bits per heavy atom. The minimum absolute atomic E-state index is 0.286. The Balaban J connectivity index is 1.83. The fourth-order valence-corrected chi connectivity index (χ4v) is 4.26. The lowest BCUT2D eigenvalue weighted by molar-refractivity contribution is -0.142. The monoisotopic (exact) mass is 471 g/mol. The molecule has 1 aliphatic rings. The number of hydrogen-bond donors (Lipinski definition) is 1. The summed E-state index contributed by atoms with van der Waals surface area (Å²) in [6, 6.07) is 16.3. The highest BCUT2D eigenvalue weighted by atomic mass is 79.9. The molecular formula is C23H26BrN3O3. The van der Waals surface area contributed by atoms with Crippen LogP contribution in [0.4, 0.5) is 4.79 Å². The minimum atomic E-state index is -1.23. The van der Waals surface area contributed by atoms with Gasteiger partial charge in [-0.1, -0.05) is 64.5 Å². The number of hydrogen-bond acceptors (Lipinski definition) is 3. The van der Waals surface area contributed by atoms with Crippen molar-refractivity contribution in [3.63, 3.8) is 0 Å². The summed E-state index contributed by atoms with van der Waals surface area (Å²) in [4.78, 5) is 41.8. The SMILES string of the molecule is CC1(c2ccccc2Br)NC(=O)N(CC(=O)N(Cc2ccccc2)C(C)(C)C)C1=O. The van der Waals surface area contributed by atoms with Gasteiger partial charge in [0.15, 0.2) is 0 Å². The van der Waals surface area contributed by atoms with E-state index in [1.165, 1.54) is 0 Å². The lowest BCUT2D eigenvalue weighted by atomic mass is 9.92. The van der Waals surface area contributed by atoms with Gasteiger partial charge in [0.05, 0.1) is 0 Å². The van der Waals surface area contributed by atoms with Gasteiger partial charge in [0.1, 0.15) is 12.1 Å². The lowest BCUT2D eigenvalue weighted by Crippen LogP contribution is -2.50. The molecule has 0 saturated carbocycles. The van der Waals surface area contributed by atoms with E-state index in [9.17, 15) is 14.4 Å². The minimum Gasteiger partial charge on any atom is -0.332 e. The van der Waals surface area contributed by atoms with Crippen LogP contribution in [0.1, 0.15) is 38.8 Å². The van der Waals surface area contributed by atoms with Crippen LogP contribution >= 0.6 is 15.9 Å². The predicted octanol–water partition coefficient (Wildman–Crippen LogP) is 4.04. The van der Waals surface area contributed by atoms with E-state index in [0.717, 1.165) is 14.9 Å². The molecule has 3 rings (SSSR count). The highest BCUT2D eigenvalue weighted by Crippen LogP contribution is 2.33. The molecule has 6 nitrogen and oxygen atoms in total. The van der Waals surface area contributed by atoms with Crippen LogP contribution in [0.3, 0.4) is 0 Å². The van der Waals surface area contributed by atoms with E-state index in [1.807, 2.05) is 63.2 Å². The van der Waals surface area contributed by atoms with Gasteiger partial charge >= 0.3 is 6.03 Å². The largest absolute Gasteiger partial charge is 0.332 e. The van der Waals surface area contributed by atoms with E-state index in [1.54, 1.807) is 24.0 Å². The van der Waals surface area contributed by atoms with Crippen LogP contribution < -0.4 is 5.32 Å². The zero-order valence-corrected chi connectivity index (χ0v) is 19.2. The van der Waals surface area contributed by atoms with E-state index >= 15 is 0 Å². The van der Waals surface area contributed by atoms with Gasteiger partial charge in [-0.05, 0) is 39.3 Å². The topological polar surface area (TPSA) is 69.7 Å². The lowest BCUT2D eigenvalue weighted by Gasteiger charge is -2.36. The highest BCUT2D eigenvalue weighted by molar-refractivity contribution is 9.10. The van der Waals surface area contributed by atoms with Gasteiger partial charge in [-0.3, -0.25) is 14.5 Å². The van der Waals surface area contributed by atoms with Crippen molar-refractivity contribution < 1.29 is 14.4 Å². The molecule has 2 aromatic carbocycles. The van der Waals surface area contributed by atoms with Crippen LogP contribution in [-0.4, -0.2) is 39.7 Å². The molecule has 0 radical (unpaired) electrons. The maximum absolute atomic E-state index is 13.2. The molecular weight excluding hydrogens is 446 g/mol. The van der Waals surface area contributed by atoms with Crippen molar-refractivity contribution in [2.75, 3.05) is 6.54 Å². The molecule has 158 valence electrons. The molecule has 1 unspecified atom stereocenters. The second kappa shape index (κ2) is 8.22. The van der Waals surface area contributed by atoms with Crippen LogP contribution in [0.2, 0.25) is 0 Å². The summed E-state index contributed by atoms with van der Waals surface area (Å²) in [7, 11) is 0. The molecule has 1 N–H and O–H groups in total. The normalized spacial score (nSPS) is 19.0. The van der Waals surface area contributed by atoms with E-state index < -0.39 is 23.0 Å². The number of amides is 4. The number of carbonyl (C=O) groups excluding carboxylic acids is 3. The number of imide groups is 1. The summed E-state index contributed by atoms with van der Waals surface area (Å²) < 4.78 is 0.717. The third kappa shape index (κ3) is 4.26. The molecule has 1 saturated heterocycles. The fraction of sp³-hybridized carbons (Fsp3) is 0.348. The van der Waals surface area contributed by atoms with Crippen LogP contribution in [0.25, 0.3) is 0 Å². The van der Waals surface area contributed by atoms with Crippen molar-refractivity contribution in [3.05, 3.63) is 70.2 Å². The van der Waals surface area contributed by atoms with Crippen LogP contribution in [0.5, 0.6) is 0 Å². The summed E-state index contributed by atoms with van der Waals surface area (Å²) in [6.45, 7) is 7.55. The second-order valence-corrected chi connectivity index (χ2v) is 9.42. The number of nitrogens with one attached hydrogen (secondary N) is 1. The zero-order valence-electron chi connectivity index (χ0n) is 17.6. The molecule has 1 heterocycles. The molecule has 0 bridgehead atoms. The van der Waals surface area contributed by atoms with Gasteiger partial charge in [-0.2, -0.15) is 0 Å². The van der Waals surface area contributed by atoms with E-state index in [4.69, 9.17) is 0 Å². The molecule has 1 fully saturated rings. The number of carbonyl (C=O) groups is 3. The quantitative estimate of drug-likeness (QED) is 0.668. The Hall–Kier alpha value is -2.67. The average Bonchev–Trinajstić information content (AvgIpc) is 2.90. The number of urea groups is 1. The highest BCUT2D eigenvalue weighted by Gasteiger charge is 2.50. The van der Waals surface area contributed by atoms with Gasteiger partial charge < -0.3 is 10.2 Å². The third-order valence-corrected chi connectivity index (χ3v) is 5.97. The first-order valence-electron chi connectivity index (χ1n) is 9.77. The van der Waals surface area contributed by atoms with Crippen molar-refractivity contribution in [1.82, 2.24) is 15.1 Å². The summed E-state index contributed by atoms with van der Waals surface area (Å²) in [5.74, 6) is -0.729. The molecule has 30 heavy (non-hydrogen) atoms. The Bertz CT molecular complexity index is 971. The van der Waals surface area contributed by atoms with Crippen LogP contribution in [-0.2, 0) is 21.7 Å². The summed E-state index contributed by atoms with van der Waals surface area (Å²) in [5.41, 5.74) is -0.0761. The molecule has 0 aromatic heterocycles. The Labute approximate surface area is 185 Å². The maximum atomic E-state index is 13.2. The maximum Gasteiger partial charge on any atom is 0.325 e. The smallest absolute Gasteiger partial charge is 0.325 e. The van der Waals surface area contributed by atoms with Gasteiger partial charge in [0.25, 0.3) is 5.91 Å². The Kier molecular flexibility index (Phi) is 6.04. The van der Waals surface area contributed by atoms with E-state index in [-0.39, 0.29) is 12.5 Å². The van der Waals surface area contributed by atoms with Crippen molar-refractivity contribution in [3.8, 4) is 0 Å². The predicted molar refractivity (Wildman–Crippen MR) is 118 cm³/mol. The van der Waals surface area contributed by atoms with Crippen molar-refractivity contribution >= 4 is 33.8 Å². The summed E-state index contributed by atoms with van der Waals surface area (Å²) >= 11 is 3.45. The number of halogens is 1. The summed E-state index contributed by atoms with van der Waals surface area (Å²) in [5, 5.41) is 2.76.